The van der Waals surface area contributed by atoms with Gasteiger partial charge in [-0.15, -0.1) is 0 Å². The number of amides is 1. The lowest BCUT2D eigenvalue weighted by Gasteiger charge is -2.34. The molecule has 0 aliphatic heterocycles. The van der Waals surface area contributed by atoms with Crippen LogP contribution in [0.15, 0.2) is 0 Å². The zero-order valence-electron chi connectivity index (χ0n) is 11.2. The first-order valence-corrected chi connectivity index (χ1v) is 6.95. The zero-order valence-corrected chi connectivity index (χ0v) is 11.2. The van der Waals surface area contributed by atoms with E-state index in [1.807, 2.05) is 0 Å². The molecule has 1 aliphatic rings. The number of hydrogen-bond donors (Lipinski definition) is 2. The molecule has 0 bridgehead atoms. The Kier molecular flexibility index (Phi) is 6.10. The Hall–Kier alpha value is -0.780. The maximum atomic E-state index is 12.1. The van der Waals surface area contributed by atoms with E-state index in [2.05, 4.69) is 5.32 Å². The SMILES string of the molecule is NCC1(C(=O)NCCCCC(F)(F)F)CCCCC1. The summed E-state index contributed by atoms with van der Waals surface area (Å²) in [6.07, 6.45) is 0.218. The van der Waals surface area contributed by atoms with Gasteiger partial charge in [0.2, 0.25) is 5.91 Å². The van der Waals surface area contributed by atoms with Crippen LogP contribution in [0.25, 0.3) is 0 Å². The Balaban J connectivity index is 2.26. The van der Waals surface area contributed by atoms with E-state index >= 15 is 0 Å². The summed E-state index contributed by atoms with van der Waals surface area (Å²) in [4.78, 5) is 12.1. The Morgan fingerprint density at radius 2 is 1.79 bits per heavy atom. The molecule has 0 saturated heterocycles. The van der Waals surface area contributed by atoms with Crippen LogP contribution in [0, 0.1) is 5.41 Å². The van der Waals surface area contributed by atoms with Crippen molar-refractivity contribution in [3.8, 4) is 0 Å². The fourth-order valence-electron chi connectivity index (χ4n) is 2.59. The quantitative estimate of drug-likeness (QED) is 0.735. The number of carbonyl (C=O) groups is 1. The number of halogens is 3. The van der Waals surface area contributed by atoms with Crippen molar-refractivity contribution in [3.05, 3.63) is 0 Å². The maximum absolute atomic E-state index is 12.1. The van der Waals surface area contributed by atoms with Gasteiger partial charge in [0.15, 0.2) is 0 Å². The van der Waals surface area contributed by atoms with Gasteiger partial charge in [0.05, 0.1) is 5.41 Å². The number of nitrogens with two attached hydrogens (primary N) is 1. The predicted molar refractivity (Wildman–Crippen MR) is 67.5 cm³/mol. The van der Waals surface area contributed by atoms with E-state index in [9.17, 15) is 18.0 Å². The Labute approximate surface area is 112 Å². The van der Waals surface area contributed by atoms with Crippen molar-refractivity contribution < 1.29 is 18.0 Å². The predicted octanol–water partition coefficient (Wildman–Crippen LogP) is 2.74. The number of nitrogens with one attached hydrogen (secondary N) is 1. The molecule has 112 valence electrons. The summed E-state index contributed by atoms with van der Waals surface area (Å²) in [6.45, 7) is 0.623. The van der Waals surface area contributed by atoms with Gasteiger partial charge in [-0.3, -0.25) is 4.79 Å². The van der Waals surface area contributed by atoms with Gasteiger partial charge in [-0.2, -0.15) is 13.2 Å². The molecule has 1 rings (SSSR count). The third-order valence-corrected chi connectivity index (χ3v) is 3.86. The van der Waals surface area contributed by atoms with Gasteiger partial charge in [-0.25, -0.2) is 0 Å². The van der Waals surface area contributed by atoms with Crippen LogP contribution < -0.4 is 11.1 Å². The first-order valence-electron chi connectivity index (χ1n) is 6.95. The summed E-state index contributed by atoms with van der Waals surface area (Å²) in [6, 6.07) is 0. The van der Waals surface area contributed by atoms with Gasteiger partial charge >= 0.3 is 6.18 Å². The minimum Gasteiger partial charge on any atom is -0.356 e. The molecule has 3 nitrogen and oxygen atoms in total. The average Bonchev–Trinajstić information content (AvgIpc) is 2.37. The van der Waals surface area contributed by atoms with Crippen molar-refractivity contribution in [1.82, 2.24) is 5.32 Å². The molecule has 6 heteroatoms. The Morgan fingerprint density at radius 1 is 1.16 bits per heavy atom. The summed E-state index contributed by atoms with van der Waals surface area (Å²) in [5.41, 5.74) is 5.23. The van der Waals surface area contributed by atoms with E-state index < -0.39 is 18.0 Å². The lowest BCUT2D eigenvalue weighted by atomic mass is 9.73. The topological polar surface area (TPSA) is 55.1 Å². The molecule has 0 heterocycles. The van der Waals surface area contributed by atoms with Gasteiger partial charge in [-0.05, 0) is 25.7 Å². The van der Waals surface area contributed by atoms with E-state index in [0.29, 0.717) is 19.5 Å². The highest BCUT2D eigenvalue weighted by Crippen LogP contribution is 2.35. The van der Waals surface area contributed by atoms with Crippen LogP contribution in [0.5, 0.6) is 0 Å². The molecule has 3 N–H and O–H groups in total. The Bertz CT molecular complexity index is 286. The first kappa shape index (κ1) is 16.3. The third-order valence-electron chi connectivity index (χ3n) is 3.86. The first-order chi connectivity index (χ1) is 8.90. The molecule has 1 aliphatic carbocycles. The number of rotatable bonds is 6. The number of unbranched alkanes of at least 4 members (excludes halogenated alkanes) is 1. The summed E-state index contributed by atoms with van der Waals surface area (Å²) in [5.74, 6) is -0.0818. The molecule has 0 unspecified atom stereocenters. The molecule has 0 spiro atoms. The second kappa shape index (κ2) is 7.12. The van der Waals surface area contributed by atoms with Crippen LogP contribution >= 0.6 is 0 Å². The van der Waals surface area contributed by atoms with Crippen molar-refractivity contribution in [1.29, 1.82) is 0 Å². The highest BCUT2D eigenvalue weighted by molar-refractivity contribution is 5.82. The molecule has 1 saturated carbocycles. The summed E-state index contributed by atoms with van der Waals surface area (Å²) in [5, 5.41) is 2.74. The fourth-order valence-corrected chi connectivity index (χ4v) is 2.59. The number of hydrogen-bond acceptors (Lipinski definition) is 2. The van der Waals surface area contributed by atoms with Crippen LogP contribution in [0.1, 0.15) is 51.4 Å². The molecular formula is C13H23F3N2O. The van der Waals surface area contributed by atoms with E-state index in [1.165, 1.54) is 0 Å². The average molecular weight is 280 g/mol. The van der Waals surface area contributed by atoms with Crippen LogP contribution in [0.2, 0.25) is 0 Å². The molecule has 19 heavy (non-hydrogen) atoms. The van der Waals surface area contributed by atoms with Gasteiger partial charge in [0, 0.05) is 19.5 Å². The largest absolute Gasteiger partial charge is 0.389 e. The number of alkyl halides is 3. The van der Waals surface area contributed by atoms with E-state index in [4.69, 9.17) is 5.73 Å². The van der Waals surface area contributed by atoms with Gasteiger partial charge in [-0.1, -0.05) is 19.3 Å². The molecule has 1 amide bonds. The van der Waals surface area contributed by atoms with E-state index in [1.54, 1.807) is 0 Å². The molecule has 0 radical (unpaired) electrons. The minimum atomic E-state index is -4.11. The monoisotopic (exact) mass is 280 g/mol. The Morgan fingerprint density at radius 3 is 2.32 bits per heavy atom. The molecular weight excluding hydrogens is 257 g/mol. The third kappa shape index (κ3) is 5.38. The standard InChI is InChI=1S/C13H23F3N2O/c14-13(15,16)8-4-5-9-18-11(19)12(10-17)6-2-1-3-7-12/h1-10,17H2,(H,18,19). The molecule has 0 aromatic carbocycles. The normalized spacial score (nSPS) is 19.2. The zero-order chi connectivity index (χ0) is 14.4. The highest BCUT2D eigenvalue weighted by Gasteiger charge is 2.37. The summed E-state index contributed by atoms with van der Waals surface area (Å²) >= 11 is 0. The molecule has 0 aromatic heterocycles. The molecule has 1 fully saturated rings. The van der Waals surface area contributed by atoms with Crippen molar-refractivity contribution in [2.45, 2.75) is 57.5 Å². The van der Waals surface area contributed by atoms with Gasteiger partial charge in [0.1, 0.15) is 0 Å². The highest BCUT2D eigenvalue weighted by atomic mass is 19.4. The van der Waals surface area contributed by atoms with Crippen LogP contribution in [0.3, 0.4) is 0 Å². The second-order valence-electron chi connectivity index (χ2n) is 5.37. The van der Waals surface area contributed by atoms with Crippen LogP contribution in [0.4, 0.5) is 13.2 Å². The van der Waals surface area contributed by atoms with Gasteiger partial charge in [0.25, 0.3) is 0 Å². The van der Waals surface area contributed by atoms with Crippen molar-refractivity contribution in [2.24, 2.45) is 11.1 Å². The van der Waals surface area contributed by atoms with Crippen molar-refractivity contribution in [2.75, 3.05) is 13.1 Å². The van der Waals surface area contributed by atoms with E-state index in [0.717, 1.165) is 32.1 Å². The smallest absolute Gasteiger partial charge is 0.356 e. The second-order valence-corrected chi connectivity index (χ2v) is 5.37. The van der Waals surface area contributed by atoms with Crippen molar-refractivity contribution in [3.63, 3.8) is 0 Å². The molecule has 0 aromatic rings. The summed E-state index contributed by atoms with van der Waals surface area (Å²) in [7, 11) is 0. The number of carbonyl (C=O) groups excluding carboxylic acids is 1. The lowest BCUT2D eigenvalue weighted by Crippen LogP contribution is -2.47. The summed E-state index contributed by atoms with van der Waals surface area (Å²) < 4.78 is 35.8. The maximum Gasteiger partial charge on any atom is 0.389 e. The van der Waals surface area contributed by atoms with E-state index in [-0.39, 0.29) is 12.3 Å². The van der Waals surface area contributed by atoms with Crippen LogP contribution in [-0.2, 0) is 4.79 Å². The van der Waals surface area contributed by atoms with Crippen LogP contribution in [-0.4, -0.2) is 25.2 Å². The lowest BCUT2D eigenvalue weighted by molar-refractivity contribution is -0.135. The minimum absolute atomic E-state index is 0.0550. The van der Waals surface area contributed by atoms with Gasteiger partial charge < -0.3 is 11.1 Å². The fraction of sp³-hybridized carbons (Fsp3) is 0.923. The molecule has 0 atom stereocenters. The van der Waals surface area contributed by atoms with Crippen molar-refractivity contribution >= 4 is 5.91 Å².